The number of benzene rings is 13. The predicted molar refractivity (Wildman–Crippen MR) is 342 cm³/mol. The van der Waals surface area contributed by atoms with Crippen molar-refractivity contribution in [2.45, 2.75) is 19.3 Å². The number of fused-ring (bicyclic) bond motifs is 3. The van der Waals surface area contributed by atoms with Crippen LogP contribution in [-0.4, -0.2) is 0 Å². The molecule has 14 rings (SSSR count). The summed E-state index contributed by atoms with van der Waals surface area (Å²) < 4.78 is 0. The van der Waals surface area contributed by atoms with Crippen LogP contribution < -0.4 is 0 Å². The van der Waals surface area contributed by atoms with Gasteiger partial charge in [0.1, 0.15) is 0 Å². The van der Waals surface area contributed by atoms with E-state index in [-0.39, 0.29) is 0 Å². The van der Waals surface area contributed by atoms with Crippen molar-refractivity contribution in [3.63, 3.8) is 0 Å². The Bertz CT molecular complexity index is 4120. The van der Waals surface area contributed by atoms with Gasteiger partial charge in [0.05, 0.1) is 5.41 Å². The minimum atomic E-state index is -0.681. The van der Waals surface area contributed by atoms with E-state index in [9.17, 15) is 0 Å². The van der Waals surface area contributed by atoms with Crippen LogP contribution in [0.5, 0.6) is 0 Å². The van der Waals surface area contributed by atoms with Gasteiger partial charge < -0.3 is 0 Å². The maximum Gasteiger partial charge on any atom is 0.0714 e. The molecule has 0 N–H and O–H groups in total. The number of rotatable bonds is 11. The van der Waals surface area contributed by atoms with E-state index < -0.39 is 5.41 Å². The summed E-state index contributed by atoms with van der Waals surface area (Å²) in [5.41, 5.74) is 31.0. The molecule has 1 aliphatic carbocycles. The first kappa shape index (κ1) is 49.2. The SMILES string of the molecule is Cc1ccccc1-c1cccc2c1-c1c(C)cccc1C2(c1cccc(-c2cccc(-c3cc(-c4ccccc4)cc(-c4ccccc4)c3)c2)c1)c1cccc(-c2cccc(-c3cc(-c4ccccc4)cc(-c4ccccc4)c3)c2)c1. The maximum atomic E-state index is 2.48. The molecule has 0 fully saturated rings. The van der Waals surface area contributed by atoms with Crippen molar-refractivity contribution in [3.05, 3.63) is 349 Å². The van der Waals surface area contributed by atoms with Crippen molar-refractivity contribution in [1.29, 1.82) is 0 Å². The summed E-state index contributed by atoms with van der Waals surface area (Å²) in [6, 6.07) is 117. The molecule has 81 heavy (non-hydrogen) atoms. The monoisotopic (exact) mass is 1030 g/mol. The smallest absolute Gasteiger partial charge is 0.0622 e. The van der Waals surface area contributed by atoms with E-state index in [1.807, 2.05) is 0 Å². The van der Waals surface area contributed by atoms with Gasteiger partial charge in [-0.2, -0.15) is 0 Å². The van der Waals surface area contributed by atoms with Crippen LogP contribution in [0.4, 0.5) is 0 Å². The zero-order valence-electron chi connectivity index (χ0n) is 45.5. The topological polar surface area (TPSA) is 0 Å². The molecule has 0 nitrogen and oxygen atoms in total. The third kappa shape index (κ3) is 9.02. The fourth-order valence-corrected chi connectivity index (χ4v) is 12.9. The van der Waals surface area contributed by atoms with Crippen molar-refractivity contribution < 1.29 is 0 Å². The molecule has 382 valence electrons. The van der Waals surface area contributed by atoms with Gasteiger partial charge in [0.2, 0.25) is 0 Å². The molecular weight excluding hydrogens is 973 g/mol. The molecule has 0 amide bonds. The summed E-state index contributed by atoms with van der Waals surface area (Å²) >= 11 is 0. The van der Waals surface area contributed by atoms with Crippen LogP contribution in [0.2, 0.25) is 0 Å². The molecular formula is C81H58. The van der Waals surface area contributed by atoms with Gasteiger partial charge in [-0.1, -0.05) is 255 Å². The van der Waals surface area contributed by atoms with E-state index >= 15 is 0 Å². The highest BCUT2D eigenvalue weighted by Gasteiger charge is 2.48. The molecule has 0 aromatic heterocycles. The summed E-state index contributed by atoms with van der Waals surface area (Å²) in [6.45, 7) is 4.54. The molecule has 0 heteroatoms. The molecule has 0 saturated carbocycles. The molecule has 0 unspecified atom stereocenters. The Hall–Kier alpha value is -10.1. The van der Waals surface area contributed by atoms with Crippen molar-refractivity contribution in [3.8, 4) is 111 Å². The fourth-order valence-electron chi connectivity index (χ4n) is 12.9. The van der Waals surface area contributed by atoms with Gasteiger partial charge in [-0.25, -0.2) is 0 Å². The second kappa shape index (κ2) is 20.9. The van der Waals surface area contributed by atoms with Gasteiger partial charge in [0, 0.05) is 0 Å². The number of hydrogen-bond acceptors (Lipinski definition) is 0. The van der Waals surface area contributed by atoms with Gasteiger partial charge in [0.15, 0.2) is 0 Å². The fraction of sp³-hybridized carbons (Fsp3) is 0.0370. The Morgan fingerprint density at radius 2 is 0.457 bits per heavy atom. The van der Waals surface area contributed by atoms with Crippen LogP contribution in [0.1, 0.15) is 33.4 Å². The zero-order valence-corrected chi connectivity index (χ0v) is 45.5. The van der Waals surface area contributed by atoms with E-state index in [0.717, 1.165) is 0 Å². The molecule has 13 aromatic rings. The van der Waals surface area contributed by atoms with Gasteiger partial charge in [-0.3, -0.25) is 0 Å². The van der Waals surface area contributed by atoms with E-state index in [1.165, 1.54) is 145 Å². The van der Waals surface area contributed by atoms with Crippen LogP contribution in [0.15, 0.2) is 315 Å². The van der Waals surface area contributed by atoms with E-state index in [4.69, 9.17) is 0 Å². The highest BCUT2D eigenvalue weighted by molar-refractivity contribution is 5.98. The average molecular weight is 1030 g/mol. The van der Waals surface area contributed by atoms with E-state index in [1.54, 1.807) is 0 Å². The largest absolute Gasteiger partial charge is 0.0714 e. The standard InChI is InChI=1S/C81H58/c1-55-23-15-16-41-75(55)76-42-22-44-78-80(76)79-56(2)24-17-43-77(79)81(78,73-39-20-37-65(53-73)61-33-18-35-63(45-61)71-49-67(57-25-7-3-8-26-57)47-68(50-71)58-27-9-4-10-28-58)74-40-21-38-66(54-74)62-34-19-36-64(46-62)72-51-69(59-29-11-5-12-30-59)48-70(52-72)60-31-13-6-14-32-60/h3-54H,1-2H3. The van der Waals surface area contributed by atoms with Crippen molar-refractivity contribution in [1.82, 2.24) is 0 Å². The minimum Gasteiger partial charge on any atom is -0.0622 e. The van der Waals surface area contributed by atoms with Crippen LogP contribution in [0.3, 0.4) is 0 Å². The molecule has 1 aliphatic rings. The van der Waals surface area contributed by atoms with Gasteiger partial charge in [-0.05, 0) is 219 Å². The zero-order chi connectivity index (χ0) is 54.3. The van der Waals surface area contributed by atoms with Gasteiger partial charge in [0.25, 0.3) is 0 Å². The second-order valence-corrected chi connectivity index (χ2v) is 21.7. The van der Waals surface area contributed by atoms with Gasteiger partial charge in [-0.15, -0.1) is 0 Å². The Balaban J connectivity index is 0.947. The highest BCUT2D eigenvalue weighted by atomic mass is 14.5. The van der Waals surface area contributed by atoms with Crippen LogP contribution >= 0.6 is 0 Å². The lowest BCUT2D eigenvalue weighted by molar-refractivity contribution is 0.769. The quantitative estimate of drug-likeness (QED) is 0.121. The summed E-state index contributed by atoms with van der Waals surface area (Å²) in [6.07, 6.45) is 0. The first-order valence-corrected chi connectivity index (χ1v) is 28.2. The highest BCUT2D eigenvalue weighted by Crippen LogP contribution is 2.60. The Labute approximate surface area is 476 Å². The third-order valence-corrected chi connectivity index (χ3v) is 16.8. The van der Waals surface area contributed by atoms with Crippen molar-refractivity contribution >= 4 is 0 Å². The predicted octanol–water partition coefficient (Wildman–Crippen LogP) is 21.7. The lowest BCUT2D eigenvalue weighted by Gasteiger charge is -2.35. The average Bonchev–Trinajstić information content (AvgIpc) is 3.24. The normalized spacial score (nSPS) is 12.2. The molecule has 0 aliphatic heterocycles. The Morgan fingerprint density at radius 1 is 0.185 bits per heavy atom. The lowest BCUT2D eigenvalue weighted by Crippen LogP contribution is -2.28. The van der Waals surface area contributed by atoms with Crippen molar-refractivity contribution in [2.24, 2.45) is 0 Å². The van der Waals surface area contributed by atoms with E-state index in [0.29, 0.717) is 0 Å². The first-order valence-electron chi connectivity index (χ1n) is 28.2. The van der Waals surface area contributed by atoms with E-state index in [2.05, 4.69) is 329 Å². The number of hydrogen-bond donors (Lipinski definition) is 0. The summed E-state index contributed by atoms with van der Waals surface area (Å²) in [5, 5.41) is 0. The first-order chi connectivity index (χ1) is 40.0. The van der Waals surface area contributed by atoms with Gasteiger partial charge >= 0.3 is 0 Å². The molecule has 0 saturated heterocycles. The maximum absolute atomic E-state index is 2.48. The minimum absolute atomic E-state index is 0.681. The summed E-state index contributed by atoms with van der Waals surface area (Å²) in [7, 11) is 0. The molecule has 0 atom stereocenters. The van der Waals surface area contributed by atoms with Crippen LogP contribution in [0, 0.1) is 13.8 Å². The van der Waals surface area contributed by atoms with Crippen LogP contribution in [-0.2, 0) is 5.41 Å². The molecule has 0 heterocycles. The third-order valence-electron chi connectivity index (χ3n) is 16.8. The lowest BCUT2D eigenvalue weighted by atomic mass is 9.66. The number of aryl methyl sites for hydroxylation is 2. The molecule has 0 radical (unpaired) electrons. The molecule has 0 bridgehead atoms. The second-order valence-electron chi connectivity index (χ2n) is 21.7. The molecule has 13 aromatic carbocycles. The summed E-state index contributed by atoms with van der Waals surface area (Å²) in [5.74, 6) is 0. The van der Waals surface area contributed by atoms with Crippen LogP contribution in [0.25, 0.3) is 111 Å². The Morgan fingerprint density at radius 3 is 0.877 bits per heavy atom. The Kier molecular flexibility index (Phi) is 12.7. The molecule has 0 spiro atoms. The van der Waals surface area contributed by atoms with Crippen molar-refractivity contribution in [2.75, 3.05) is 0 Å². The summed E-state index contributed by atoms with van der Waals surface area (Å²) in [4.78, 5) is 0.